The Morgan fingerprint density at radius 3 is 2.36 bits per heavy atom. The first-order valence-electron chi connectivity index (χ1n) is 8.94. The van der Waals surface area contributed by atoms with E-state index in [9.17, 15) is 13.2 Å². The van der Waals surface area contributed by atoms with E-state index in [1.54, 1.807) is 24.3 Å². The van der Waals surface area contributed by atoms with Crippen LogP contribution in [0, 0.1) is 0 Å². The summed E-state index contributed by atoms with van der Waals surface area (Å²) in [5.41, 5.74) is -0.198. The third-order valence-corrected chi connectivity index (χ3v) is 5.19. The summed E-state index contributed by atoms with van der Waals surface area (Å²) in [4.78, 5) is 6.32. The standard InChI is InChI=1S/C19H18ClF3N4O/c1-28-13-7-5-12(6-8-13)14-11-15(19(21,22)23)27-17(24-14)16(20)18(25-27)26-9-3-2-4-10-26/h5-8,11H,2-4,9-10H2,1H3. The highest BCUT2D eigenvalue weighted by Gasteiger charge is 2.36. The normalized spacial score (nSPS) is 15.2. The van der Waals surface area contributed by atoms with Gasteiger partial charge in [-0.3, -0.25) is 0 Å². The average Bonchev–Trinajstić information content (AvgIpc) is 3.04. The number of benzene rings is 1. The molecule has 5 nitrogen and oxygen atoms in total. The van der Waals surface area contributed by atoms with Gasteiger partial charge in [0.1, 0.15) is 10.8 Å². The number of piperidine rings is 1. The molecule has 1 aliphatic rings. The molecule has 0 atom stereocenters. The Bertz CT molecular complexity index is 995. The van der Waals surface area contributed by atoms with Crippen molar-refractivity contribution in [2.75, 3.05) is 25.1 Å². The van der Waals surface area contributed by atoms with Crippen molar-refractivity contribution in [2.45, 2.75) is 25.4 Å². The summed E-state index contributed by atoms with van der Waals surface area (Å²) < 4.78 is 47.2. The Morgan fingerprint density at radius 2 is 1.75 bits per heavy atom. The Kier molecular flexibility index (Phi) is 4.82. The Labute approximate surface area is 164 Å². The summed E-state index contributed by atoms with van der Waals surface area (Å²) in [7, 11) is 1.52. The lowest BCUT2D eigenvalue weighted by atomic mass is 10.1. The number of rotatable bonds is 3. The van der Waals surface area contributed by atoms with Crippen molar-refractivity contribution in [3.63, 3.8) is 0 Å². The van der Waals surface area contributed by atoms with E-state index in [1.807, 2.05) is 4.90 Å². The molecule has 1 aliphatic heterocycles. The summed E-state index contributed by atoms with van der Waals surface area (Å²) >= 11 is 6.44. The predicted molar refractivity (Wildman–Crippen MR) is 101 cm³/mol. The average molecular weight is 411 g/mol. The second kappa shape index (κ2) is 7.16. The molecular weight excluding hydrogens is 393 g/mol. The Balaban J connectivity index is 1.89. The number of alkyl halides is 3. The molecule has 28 heavy (non-hydrogen) atoms. The highest BCUT2D eigenvalue weighted by Crippen LogP contribution is 2.37. The molecule has 0 saturated carbocycles. The number of halogens is 4. The van der Waals surface area contributed by atoms with E-state index < -0.39 is 11.9 Å². The first-order chi connectivity index (χ1) is 13.4. The molecule has 0 spiro atoms. The minimum atomic E-state index is -4.60. The minimum Gasteiger partial charge on any atom is -0.497 e. The molecule has 0 radical (unpaired) electrons. The van der Waals surface area contributed by atoms with Crippen LogP contribution >= 0.6 is 11.6 Å². The maximum Gasteiger partial charge on any atom is 0.433 e. The molecule has 3 aromatic rings. The molecule has 9 heteroatoms. The fourth-order valence-corrected chi connectivity index (χ4v) is 3.68. The van der Waals surface area contributed by atoms with Crippen molar-refractivity contribution in [2.24, 2.45) is 0 Å². The van der Waals surface area contributed by atoms with Crippen LogP contribution in [-0.2, 0) is 6.18 Å². The zero-order valence-electron chi connectivity index (χ0n) is 15.1. The lowest BCUT2D eigenvalue weighted by Crippen LogP contribution is -2.30. The van der Waals surface area contributed by atoms with E-state index in [4.69, 9.17) is 16.3 Å². The van der Waals surface area contributed by atoms with E-state index >= 15 is 0 Å². The molecule has 0 unspecified atom stereocenters. The summed E-state index contributed by atoms with van der Waals surface area (Å²) in [6, 6.07) is 7.66. The fourth-order valence-electron chi connectivity index (χ4n) is 3.40. The van der Waals surface area contributed by atoms with Crippen molar-refractivity contribution in [1.82, 2.24) is 14.6 Å². The number of nitrogens with zero attached hydrogens (tertiary/aromatic N) is 4. The minimum absolute atomic E-state index is 0.00267. The van der Waals surface area contributed by atoms with E-state index in [1.165, 1.54) is 7.11 Å². The van der Waals surface area contributed by atoms with Crippen LogP contribution in [0.2, 0.25) is 5.02 Å². The number of anilines is 1. The third-order valence-electron chi connectivity index (χ3n) is 4.85. The Hall–Kier alpha value is -2.48. The number of hydrogen-bond donors (Lipinski definition) is 0. The number of fused-ring (bicyclic) bond motifs is 1. The van der Waals surface area contributed by atoms with Gasteiger partial charge in [0.2, 0.25) is 0 Å². The SMILES string of the molecule is COc1ccc(-c2cc(C(F)(F)F)n3nc(N4CCCCC4)c(Cl)c3n2)cc1. The number of ether oxygens (including phenoxy) is 1. The number of methoxy groups -OCH3 is 1. The van der Waals surface area contributed by atoms with Gasteiger partial charge in [-0.25, -0.2) is 9.50 Å². The predicted octanol–water partition coefficient (Wildman–Crippen LogP) is 5.07. The monoisotopic (exact) mass is 410 g/mol. The lowest BCUT2D eigenvalue weighted by molar-refractivity contribution is -0.142. The smallest absolute Gasteiger partial charge is 0.433 e. The second-order valence-corrected chi connectivity index (χ2v) is 7.05. The van der Waals surface area contributed by atoms with E-state index in [0.29, 0.717) is 17.1 Å². The maximum atomic E-state index is 13.8. The van der Waals surface area contributed by atoms with Gasteiger partial charge >= 0.3 is 6.18 Å². The maximum absolute atomic E-state index is 13.8. The first-order valence-corrected chi connectivity index (χ1v) is 9.32. The molecular formula is C19H18ClF3N4O. The van der Waals surface area contributed by atoms with Crippen molar-refractivity contribution in [3.8, 4) is 17.0 Å². The molecule has 4 rings (SSSR count). The van der Waals surface area contributed by atoms with Gasteiger partial charge in [-0.05, 0) is 49.6 Å². The van der Waals surface area contributed by atoms with Crippen LogP contribution in [0.1, 0.15) is 25.0 Å². The van der Waals surface area contributed by atoms with Gasteiger partial charge in [-0.1, -0.05) is 11.6 Å². The largest absolute Gasteiger partial charge is 0.497 e. The molecule has 0 aliphatic carbocycles. The van der Waals surface area contributed by atoms with Gasteiger partial charge in [-0.2, -0.15) is 13.2 Å². The van der Waals surface area contributed by atoms with Crippen molar-refractivity contribution < 1.29 is 17.9 Å². The fraction of sp³-hybridized carbons (Fsp3) is 0.368. The van der Waals surface area contributed by atoms with E-state index in [-0.39, 0.29) is 16.4 Å². The van der Waals surface area contributed by atoms with Gasteiger partial charge in [0.15, 0.2) is 17.2 Å². The zero-order chi connectivity index (χ0) is 19.9. The molecule has 0 N–H and O–H groups in total. The van der Waals surface area contributed by atoms with Crippen molar-refractivity contribution in [1.29, 1.82) is 0 Å². The third kappa shape index (κ3) is 3.37. The molecule has 0 amide bonds. The Morgan fingerprint density at radius 1 is 1.07 bits per heavy atom. The summed E-state index contributed by atoms with van der Waals surface area (Å²) in [5, 5.41) is 4.31. The van der Waals surface area contributed by atoms with Gasteiger partial charge in [0.25, 0.3) is 0 Å². The number of aromatic nitrogens is 3. The number of hydrogen-bond acceptors (Lipinski definition) is 4. The highest BCUT2D eigenvalue weighted by molar-refractivity contribution is 6.36. The van der Waals surface area contributed by atoms with Crippen LogP contribution in [-0.4, -0.2) is 34.8 Å². The van der Waals surface area contributed by atoms with Gasteiger partial charge < -0.3 is 9.64 Å². The first kappa shape index (κ1) is 18.9. The summed E-state index contributed by atoms with van der Waals surface area (Å²) in [6.45, 7) is 1.44. The highest BCUT2D eigenvalue weighted by atomic mass is 35.5. The molecule has 1 saturated heterocycles. The van der Waals surface area contributed by atoms with Crippen molar-refractivity contribution >= 4 is 23.1 Å². The quantitative estimate of drug-likeness (QED) is 0.604. The van der Waals surface area contributed by atoms with Crippen LogP contribution in [0.25, 0.3) is 16.9 Å². The van der Waals surface area contributed by atoms with Crippen LogP contribution < -0.4 is 9.64 Å². The van der Waals surface area contributed by atoms with E-state index in [2.05, 4.69) is 10.1 Å². The molecule has 1 aromatic carbocycles. The van der Waals surface area contributed by atoms with Gasteiger partial charge in [-0.15, -0.1) is 5.10 Å². The van der Waals surface area contributed by atoms with Crippen LogP contribution in [0.3, 0.4) is 0 Å². The molecule has 3 heterocycles. The second-order valence-electron chi connectivity index (χ2n) is 6.67. The topological polar surface area (TPSA) is 42.7 Å². The zero-order valence-corrected chi connectivity index (χ0v) is 15.9. The van der Waals surface area contributed by atoms with Crippen molar-refractivity contribution in [3.05, 3.63) is 41.0 Å². The molecule has 0 bridgehead atoms. The van der Waals surface area contributed by atoms with Crippen LogP contribution in [0.15, 0.2) is 30.3 Å². The molecule has 2 aromatic heterocycles. The van der Waals surface area contributed by atoms with Gasteiger partial charge in [0, 0.05) is 18.7 Å². The lowest BCUT2D eigenvalue weighted by Gasteiger charge is -2.26. The van der Waals surface area contributed by atoms with Crippen LogP contribution in [0.4, 0.5) is 19.0 Å². The van der Waals surface area contributed by atoms with Gasteiger partial charge in [0.05, 0.1) is 12.8 Å². The summed E-state index contributed by atoms with van der Waals surface area (Å²) in [5.74, 6) is 0.960. The summed E-state index contributed by atoms with van der Waals surface area (Å²) in [6.07, 6.45) is -1.59. The van der Waals surface area contributed by atoms with Crippen LogP contribution in [0.5, 0.6) is 5.75 Å². The molecule has 148 valence electrons. The van der Waals surface area contributed by atoms with E-state index in [0.717, 1.165) is 42.9 Å². The molecule has 1 fully saturated rings.